The van der Waals surface area contributed by atoms with Crippen LogP contribution in [0.25, 0.3) is 0 Å². The molecule has 1 aliphatic heterocycles. The van der Waals surface area contributed by atoms with Gasteiger partial charge in [-0.15, -0.1) is 0 Å². The van der Waals surface area contributed by atoms with Crippen LogP contribution in [0.4, 0.5) is 5.69 Å². The molecule has 0 saturated heterocycles. The van der Waals surface area contributed by atoms with E-state index in [1.807, 2.05) is 0 Å². The number of hydrogen-bond acceptors (Lipinski definition) is 4. The number of carbonyl (C=O) groups excluding carboxylic acids is 1. The maximum absolute atomic E-state index is 12.4. The van der Waals surface area contributed by atoms with E-state index in [2.05, 4.69) is 21.2 Å². The van der Waals surface area contributed by atoms with Gasteiger partial charge in [0.1, 0.15) is 18.0 Å². The largest absolute Gasteiger partial charge is 0.495 e. The SMILES string of the molecule is COc1cccc([C@H]2O[C@H](CC(=O)O)C(=O)Nc3ccc(Br)cc32)c1Cl. The molecule has 0 spiro atoms. The molecule has 1 heterocycles. The third-order valence-electron chi connectivity index (χ3n) is 4.00. The number of carboxylic acid groups (broad SMARTS) is 1. The molecule has 2 N–H and O–H groups in total. The number of benzene rings is 2. The van der Waals surface area contributed by atoms with Crippen LogP contribution in [0, 0.1) is 0 Å². The van der Waals surface area contributed by atoms with Crippen molar-refractivity contribution >= 4 is 45.1 Å². The number of ether oxygens (including phenoxy) is 2. The smallest absolute Gasteiger partial charge is 0.306 e. The second-order valence-electron chi connectivity index (χ2n) is 5.69. The van der Waals surface area contributed by atoms with Crippen LogP contribution in [0.15, 0.2) is 40.9 Å². The van der Waals surface area contributed by atoms with Crippen LogP contribution >= 0.6 is 27.5 Å². The minimum Gasteiger partial charge on any atom is -0.495 e. The predicted octanol–water partition coefficient (Wildman–Crippen LogP) is 4.01. The molecule has 0 bridgehead atoms. The second-order valence-corrected chi connectivity index (χ2v) is 6.98. The Morgan fingerprint density at radius 2 is 2.12 bits per heavy atom. The first-order chi connectivity index (χ1) is 12.4. The Labute approximate surface area is 163 Å². The molecule has 26 heavy (non-hydrogen) atoms. The van der Waals surface area contributed by atoms with Crippen LogP contribution in [-0.2, 0) is 14.3 Å². The normalized spacial score (nSPS) is 19.3. The monoisotopic (exact) mass is 439 g/mol. The first kappa shape index (κ1) is 18.7. The summed E-state index contributed by atoms with van der Waals surface area (Å²) in [5.41, 5.74) is 1.78. The molecular formula is C18H15BrClNO5. The molecule has 136 valence electrons. The Morgan fingerprint density at radius 1 is 1.35 bits per heavy atom. The third-order valence-corrected chi connectivity index (χ3v) is 4.90. The number of methoxy groups -OCH3 is 1. The fourth-order valence-corrected chi connectivity index (χ4v) is 3.49. The Balaban J connectivity index is 2.15. The highest BCUT2D eigenvalue weighted by atomic mass is 79.9. The number of fused-ring (bicyclic) bond motifs is 1. The van der Waals surface area contributed by atoms with E-state index < -0.39 is 30.5 Å². The van der Waals surface area contributed by atoms with Crippen LogP contribution in [0.2, 0.25) is 5.02 Å². The molecule has 0 aromatic heterocycles. The number of rotatable bonds is 4. The molecule has 1 amide bonds. The lowest BCUT2D eigenvalue weighted by molar-refractivity contribution is -0.146. The summed E-state index contributed by atoms with van der Waals surface area (Å²) in [6.07, 6.45) is -2.36. The standard InChI is InChI=1S/C18H15BrClNO5/c1-25-13-4-2-3-10(16(13)20)17-11-7-9(19)5-6-12(11)21-18(24)14(26-17)8-15(22)23/h2-7,14,17H,8H2,1H3,(H,21,24)(H,22,23)/t14-,17-/m1/s1. The summed E-state index contributed by atoms with van der Waals surface area (Å²) in [4.78, 5) is 23.6. The summed E-state index contributed by atoms with van der Waals surface area (Å²) in [5.74, 6) is -1.19. The van der Waals surface area contributed by atoms with Crippen LogP contribution < -0.4 is 10.1 Å². The average Bonchev–Trinajstić information content (AvgIpc) is 2.72. The molecule has 6 nitrogen and oxygen atoms in total. The summed E-state index contributed by atoms with van der Waals surface area (Å²) >= 11 is 9.87. The minimum atomic E-state index is -1.16. The number of amides is 1. The molecule has 8 heteroatoms. The van der Waals surface area contributed by atoms with Gasteiger partial charge < -0.3 is 19.9 Å². The van der Waals surface area contributed by atoms with E-state index in [1.165, 1.54) is 7.11 Å². The zero-order valence-electron chi connectivity index (χ0n) is 13.7. The Bertz CT molecular complexity index is 873. The molecule has 1 aliphatic rings. The minimum absolute atomic E-state index is 0.342. The van der Waals surface area contributed by atoms with Crippen molar-refractivity contribution in [1.29, 1.82) is 0 Å². The van der Waals surface area contributed by atoms with Gasteiger partial charge in [0, 0.05) is 21.3 Å². The molecule has 2 aromatic rings. The number of anilines is 1. The van der Waals surface area contributed by atoms with Crippen LogP contribution in [-0.4, -0.2) is 30.2 Å². The molecule has 0 saturated carbocycles. The first-order valence-corrected chi connectivity index (χ1v) is 8.87. The maximum atomic E-state index is 12.4. The maximum Gasteiger partial charge on any atom is 0.306 e. The van der Waals surface area contributed by atoms with Crippen molar-refractivity contribution < 1.29 is 24.2 Å². The lowest BCUT2D eigenvalue weighted by Crippen LogP contribution is -2.31. The van der Waals surface area contributed by atoms with Crippen molar-refractivity contribution in [2.45, 2.75) is 18.6 Å². The van der Waals surface area contributed by atoms with Gasteiger partial charge in [-0.1, -0.05) is 39.7 Å². The average molecular weight is 441 g/mol. The number of halogens is 2. The zero-order chi connectivity index (χ0) is 18.8. The summed E-state index contributed by atoms with van der Waals surface area (Å²) < 4.78 is 12.0. The Kier molecular flexibility index (Phi) is 5.50. The lowest BCUT2D eigenvalue weighted by Gasteiger charge is -2.22. The number of carboxylic acids is 1. The van der Waals surface area contributed by atoms with Gasteiger partial charge >= 0.3 is 5.97 Å². The Hall–Kier alpha value is -2.09. The molecule has 0 fully saturated rings. The van der Waals surface area contributed by atoms with E-state index in [4.69, 9.17) is 26.2 Å². The second kappa shape index (κ2) is 7.65. The first-order valence-electron chi connectivity index (χ1n) is 7.70. The predicted molar refractivity (Wildman–Crippen MR) is 99.7 cm³/mol. The number of hydrogen-bond donors (Lipinski definition) is 2. The van der Waals surface area contributed by atoms with E-state index in [1.54, 1.807) is 36.4 Å². The van der Waals surface area contributed by atoms with Gasteiger partial charge in [0.15, 0.2) is 0 Å². The van der Waals surface area contributed by atoms with Gasteiger partial charge in [-0.2, -0.15) is 0 Å². The molecule has 3 rings (SSSR count). The van der Waals surface area contributed by atoms with Gasteiger partial charge in [0.25, 0.3) is 5.91 Å². The molecule has 2 atom stereocenters. The summed E-state index contributed by atoms with van der Waals surface area (Å²) in [5, 5.41) is 12.2. The summed E-state index contributed by atoms with van der Waals surface area (Å²) in [6.45, 7) is 0. The summed E-state index contributed by atoms with van der Waals surface area (Å²) in [7, 11) is 1.50. The number of nitrogens with one attached hydrogen (secondary N) is 1. The molecule has 0 radical (unpaired) electrons. The van der Waals surface area contributed by atoms with Gasteiger partial charge in [-0.05, 0) is 24.3 Å². The van der Waals surface area contributed by atoms with Crippen molar-refractivity contribution in [2.24, 2.45) is 0 Å². The van der Waals surface area contributed by atoms with Gasteiger partial charge in [0.2, 0.25) is 0 Å². The van der Waals surface area contributed by atoms with Gasteiger partial charge in [-0.25, -0.2) is 0 Å². The third kappa shape index (κ3) is 3.70. The quantitative estimate of drug-likeness (QED) is 0.750. The topological polar surface area (TPSA) is 84.9 Å². The number of carbonyl (C=O) groups is 2. The van der Waals surface area contributed by atoms with E-state index in [-0.39, 0.29) is 0 Å². The van der Waals surface area contributed by atoms with E-state index in [0.29, 0.717) is 27.6 Å². The van der Waals surface area contributed by atoms with E-state index >= 15 is 0 Å². The van der Waals surface area contributed by atoms with E-state index in [9.17, 15) is 9.59 Å². The van der Waals surface area contributed by atoms with Crippen molar-refractivity contribution in [3.63, 3.8) is 0 Å². The van der Waals surface area contributed by atoms with Crippen molar-refractivity contribution in [3.05, 3.63) is 57.0 Å². The molecule has 2 aromatic carbocycles. The highest BCUT2D eigenvalue weighted by Crippen LogP contribution is 2.42. The summed E-state index contributed by atoms with van der Waals surface area (Å²) in [6, 6.07) is 10.5. The number of aliphatic carboxylic acids is 1. The lowest BCUT2D eigenvalue weighted by atomic mass is 9.99. The zero-order valence-corrected chi connectivity index (χ0v) is 16.0. The van der Waals surface area contributed by atoms with Crippen LogP contribution in [0.3, 0.4) is 0 Å². The van der Waals surface area contributed by atoms with Crippen LogP contribution in [0.1, 0.15) is 23.7 Å². The van der Waals surface area contributed by atoms with Crippen LogP contribution in [0.5, 0.6) is 5.75 Å². The van der Waals surface area contributed by atoms with Crippen molar-refractivity contribution in [1.82, 2.24) is 0 Å². The van der Waals surface area contributed by atoms with Crippen molar-refractivity contribution in [3.8, 4) is 5.75 Å². The molecule has 0 unspecified atom stereocenters. The van der Waals surface area contributed by atoms with Crippen molar-refractivity contribution in [2.75, 3.05) is 12.4 Å². The fourth-order valence-electron chi connectivity index (χ4n) is 2.81. The molecular weight excluding hydrogens is 426 g/mol. The fraction of sp³-hybridized carbons (Fsp3) is 0.222. The highest BCUT2D eigenvalue weighted by Gasteiger charge is 2.34. The van der Waals surface area contributed by atoms with E-state index in [0.717, 1.165) is 4.47 Å². The Morgan fingerprint density at radius 3 is 2.81 bits per heavy atom. The highest BCUT2D eigenvalue weighted by molar-refractivity contribution is 9.10. The molecule has 0 aliphatic carbocycles. The van der Waals surface area contributed by atoms with Gasteiger partial charge in [-0.3, -0.25) is 9.59 Å². The van der Waals surface area contributed by atoms with Gasteiger partial charge in [0.05, 0.1) is 18.6 Å².